The summed E-state index contributed by atoms with van der Waals surface area (Å²) in [5.41, 5.74) is 1.20. The zero-order chi connectivity index (χ0) is 12.7. The van der Waals surface area contributed by atoms with Crippen LogP contribution >= 0.6 is 11.5 Å². The van der Waals surface area contributed by atoms with Gasteiger partial charge in [-0.3, -0.25) is 0 Å². The van der Waals surface area contributed by atoms with E-state index in [4.69, 9.17) is 0 Å². The highest BCUT2D eigenvalue weighted by Gasteiger charge is 2.20. The maximum Gasteiger partial charge on any atom is 0.0803 e. The number of hydrogen-bond donors (Lipinski definition) is 1. The molecule has 1 rings (SSSR count). The van der Waals surface area contributed by atoms with E-state index >= 15 is 0 Å². The highest BCUT2D eigenvalue weighted by Crippen LogP contribution is 2.29. The fourth-order valence-corrected chi connectivity index (χ4v) is 3.02. The molecule has 0 spiro atoms. The van der Waals surface area contributed by atoms with Crippen LogP contribution in [0.15, 0.2) is 0 Å². The predicted molar refractivity (Wildman–Crippen MR) is 74.4 cm³/mol. The van der Waals surface area contributed by atoms with Gasteiger partial charge in [0.05, 0.1) is 10.6 Å². The predicted octanol–water partition coefficient (Wildman–Crippen LogP) is 3.58. The van der Waals surface area contributed by atoms with Crippen molar-refractivity contribution in [1.29, 1.82) is 0 Å². The molecule has 0 aliphatic rings. The quantitative estimate of drug-likeness (QED) is 0.771. The van der Waals surface area contributed by atoms with E-state index in [1.54, 1.807) is 11.5 Å². The zero-order valence-electron chi connectivity index (χ0n) is 11.5. The molecule has 0 aromatic carbocycles. The summed E-state index contributed by atoms with van der Waals surface area (Å²) in [4.78, 5) is 1.35. The van der Waals surface area contributed by atoms with Gasteiger partial charge in [-0.15, -0.1) is 5.10 Å². The maximum atomic E-state index is 4.26. The molecule has 0 saturated heterocycles. The molecule has 1 aromatic rings. The molecule has 0 aliphatic carbocycles. The summed E-state index contributed by atoms with van der Waals surface area (Å²) in [5.74, 6) is 0.795. The smallest absolute Gasteiger partial charge is 0.0803 e. The standard InChI is InChI=1S/C13H25N3S/c1-5-8-11-13(17-16-15-11)12(14-4)9-10(6-2)7-3/h10,12,14H,5-9H2,1-4H3. The van der Waals surface area contributed by atoms with E-state index in [0.717, 1.165) is 18.8 Å². The molecule has 0 amide bonds. The van der Waals surface area contributed by atoms with Crippen LogP contribution < -0.4 is 5.32 Å². The van der Waals surface area contributed by atoms with E-state index < -0.39 is 0 Å². The van der Waals surface area contributed by atoms with Crippen LogP contribution in [0.2, 0.25) is 0 Å². The number of nitrogens with one attached hydrogen (secondary N) is 1. The van der Waals surface area contributed by atoms with Gasteiger partial charge in [0.15, 0.2) is 0 Å². The molecule has 1 N–H and O–H groups in total. The summed E-state index contributed by atoms with van der Waals surface area (Å²) in [6, 6.07) is 0.432. The van der Waals surface area contributed by atoms with Gasteiger partial charge >= 0.3 is 0 Å². The topological polar surface area (TPSA) is 37.8 Å². The van der Waals surface area contributed by atoms with Crippen molar-refractivity contribution in [3.63, 3.8) is 0 Å². The minimum Gasteiger partial charge on any atom is -0.312 e. The summed E-state index contributed by atoms with van der Waals surface area (Å²) >= 11 is 1.56. The first-order valence-electron chi connectivity index (χ1n) is 6.75. The fraction of sp³-hybridized carbons (Fsp3) is 0.846. The molecule has 0 saturated carbocycles. The van der Waals surface area contributed by atoms with Crippen LogP contribution in [0.25, 0.3) is 0 Å². The Hall–Kier alpha value is -0.480. The van der Waals surface area contributed by atoms with Crippen LogP contribution in [-0.2, 0) is 6.42 Å². The molecule has 3 nitrogen and oxygen atoms in total. The molecule has 0 aliphatic heterocycles. The number of aryl methyl sites for hydroxylation is 1. The van der Waals surface area contributed by atoms with Crippen LogP contribution in [0.3, 0.4) is 0 Å². The Bertz CT molecular complexity index is 307. The van der Waals surface area contributed by atoms with Gasteiger partial charge in [-0.25, -0.2) is 0 Å². The Morgan fingerprint density at radius 2 is 1.94 bits per heavy atom. The summed E-state index contributed by atoms with van der Waals surface area (Å²) in [7, 11) is 2.04. The van der Waals surface area contributed by atoms with Crippen molar-refractivity contribution >= 4 is 11.5 Å². The van der Waals surface area contributed by atoms with E-state index in [0.29, 0.717) is 6.04 Å². The van der Waals surface area contributed by atoms with Gasteiger partial charge in [-0.2, -0.15) is 0 Å². The summed E-state index contributed by atoms with van der Waals surface area (Å²) in [6.45, 7) is 6.75. The van der Waals surface area contributed by atoms with Crippen molar-refractivity contribution < 1.29 is 0 Å². The van der Waals surface area contributed by atoms with Crippen LogP contribution in [0, 0.1) is 5.92 Å². The SMILES string of the molecule is CCCc1nnsc1C(CC(CC)CC)NC. The van der Waals surface area contributed by atoms with Crippen LogP contribution in [-0.4, -0.2) is 16.6 Å². The second-order valence-corrected chi connectivity index (χ2v) is 5.38. The maximum absolute atomic E-state index is 4.26. The molecular formula is C13H25N3S. The van der Waals surface area contributed by atoms with Gasteiger partial charge < -0.3 is 5.32 Å². The first-order valence-corrected chi connectivity index (χ1v) is 7.52. The number of nitrogens with zero attached hydrogens (tertiary/aromatic N) is 2. The first kappa shape index (κ1) is 14.6. The molecule has 17 heavy (non-hydrogen) atoms. The molecule has 4 heteroatoms. The lowest BCUT2D eigenvalue weighted by molar-refractivity contribution is 0.387. The lowest BCUT2D eigenvalue weighted by Crippen LogP contribution is -2.20. The third-order valence-electron chi connectivity index (χ3n) is 3.46. The molecule has 1 unspecified atom stereocenters. The average molecular weight is 255 g/mol. The summed E-state index contributed by atoms with van der Waals surface area (Å²) in [6.07, 6.45) is 5.89. The molecule has 0 fully saturated rings. The number of rotatable bonds is 8. The largest absolute Gasteiger partial charge is 0.312 e. The van der Waals surface area contributed by atoms with E-state index in [2.05, 4.69) is 35.7 Å². The fourth-order valence-electron chi connectivity index (χ4n) is 2.20. The second-order valence-electron chi connectivity index (χ2n) is 4.59. The van der Waals surface area contributed by atoms with E-state index in [9.17, 15) is 0 Å². The monoisotopic (exact) mass is 255 g/mol. The van der Waals surface area contributed by atoms with Gasteiger partial charge in [0.2, 0.25) is 0 Å². The third-order valence-corrected chi connectivity index (χ3v) is 4.34. The van der Waals surface area contributed by atoms with Crippen molar-refractivity contribution in [3.05, 3.63) is 10.6 Å². The van der Waals surface area contributed by atoms with E-state index in [1.165, 1.54) is 29.8 Å². The Kier molecular flexibility index (Phi) is 6.66. The van der Waals surface area contributed by atoms with Crippen molar-refractivity contribution in [2.24, 2.45) is 5.92 Å². The lowest BCUT2D eigenvalue weighted by atomic mass is 9.93. The van der Waals surface area contributed by atoms with Gasteiger partial charge in [-0.05, 0) is 37.3 Å². The number of aromatic nitrogens is 2. The normalized spacial score (nSPS) is 13.2. The Labute approximate surface area is 109 Å². The van der Waals surface area contributed by atoms with Gasteiger partial charge in [0.25, 0.3) is 0 Å². The zero-order valence-corrected chi connectivity index (χ0v) is 12.3. The highest BCUT2D eigenvalue weighted by molar-refractivity contribution is 7.05. The summed E-state index contributed by atoms with van der Waals surface area (Å²) in [5, 5.41) is 7.70. The van der Waals surface area contributed by atoms with Crippen molar-refractivity contribution in [2.45, 2.75) is 58.9 Å². The van der Waals surface area contributed by atoms with Crippen molar-refractivity contribution in [1.82, 2.24) is 14.9 Å². The molecular weight excluding hydrogens is 230 g/mol. The second kappa shape index (κ2) is 7.77. The third kappa shape index (κ3) is 4.03. The molecule has 1 atom stereocenters. The molecule has 0 bridgehead atoms. The lowest BCUT2D eigenvalue weighted by Gasteiger charge is -2.20. The van der Waals surface area contributed by atoms with Crippen LogP contribution in [0.4, 0.5) is 0 Å². The van der Waals surface area contributed by atoms with Crippen molar-refractivity contribution in [2.75, 3.05) is 7.05 Å². The Morgan fingerprint density at radius 3 is 2.47 bits per heavy atom. The van der Waals surface area contributed by atoms with E-state index in [-0.39, 0.29) is 0 Å². The van der Waals surface area contributed by atoms with Crippen molar-refractivity contribution in [3.8, 4) is 0 Å². The van der Waals surface area contributed by atoms with Crippen LogP contribution in [0.5, 0.6) is 0 Å². The molecule has 1 heterocycles. The minimum atomic E-state index is 0.432. The van der Waals surface area contributed by atoms with Gasteiger partial charge in [0.1, 0.15) is 0 Å². The van der Waals surface area contributed by atoms with E-state index in [1.807, 2.05) is 7.05 Å². The van der Waals surface area contributed by atoms with Gasteiger partial charge in [-0.1, -0.05) is 44.5 Å². The number of hydrogen-bond acceptors (Lipinski definition) is 4. The Balaban J connectivity index is 2.74. The Morgan fingerprint density at radius 1 is 1.24 bits per heavy atom. The molecule has 1 aromatic heterocycles. The summed E-state index contributed by atoms with van der Waals surface area (Å²) < 4.78 is 4.12. The van der Waals surface area contributed by atoms with Crippen LogP contribution in [0.1, 0.15) is 63.1 Å². The highest BCUT2D eigenvalue weighted by atomic mass is 32.1. The average Bonchev–Trinajstić information content (AvgIpc) is 2.80. The molecule has 98 valence electrons. The molecule has 0 radical (unpaired) electrons. The van der Waals surface area contributed by atoms with Gasteiger partial charge in [0, 0.05) is 6.04 Å². The minimum absolute atomic E-state index is 0.432. The first-order chi connectivity index (χ1) is 8.26.